The van der Waals surface area contributed by atoms with Crippen LogP contribution in [0, 0.1) is 12.7 Å². The van der Waals surface area contributed by atoms with E-state index < -0.39 is 5.97 Å². The average molecular weight is 468 g/mol. The van der Waals surface area contributed by atoms with Crippen molar-refractivity contribution in [3.05, 3.63) is 76.9 Å². The van der Waals surface area contributed by atoms with Gasteiger partial charge in [0.15, 0.2) is 0 Å². The van der Waals surface area contributed by atoms with Crippen molar-refractivity contribution in [1.29, 1.82) is 0 Å². The third-order valence-corrected chi connectivity index (χ3v) is 6.26. The summed E-state index contributed by atoms with van der Waals surface area (Å²) in [5.41, 5.74) is 3.07. The van der Waals surface area contributed by atoms with Crippen molar-refractivity contribution in [3.8, 4) is 11.5 Å². The summed E-state index contributed by atoms with van der Waals surface area (Å²) < 4.78 is 31.2. The zero-order valence-electron chi connectivity index (χ0n) is 19.3. The molecule has 3 aromatic rings. The Hall–Kier alpha value is -3.03. The predicted octanol–water partition coefficient (Wildman–Crippen LogP) is 6.31. The second-order valence-corrected chi connectivity index (χ2v) is 8.76. The Morgan fingerprint density at radius 1 is 1.03 bits per heavy atom. The largest absolute Gasteiger partial charge is 0.478 e. The fourth-order valence-electron chi connectivity index (χ4n) is 4.44. The van der Waals surface area contributed by atoms with E-state index in [0.29, 0.717) is 28.3 Å². The smallest absolute Gasteiger partial charge is 0.336 e. The molecule has 1 saturated carbocycles. The number of aromatic carboxylic acids is 1. The lowest BCUT2D eigenvalue weighted by atomic mass is 9.95. The van der Waals surface area contributed by atoms with Crippen molar-refractivity contribution in [2.75, 3.05) is 0 Å². The molecule has 1 heterocycles. The van der Waals surface area contributed by atoms with E-state index >= 15 is 0 Å². The van der Waals surface area contributed by atoms with E-state index in [-0.39, 0.29) is 31.2 Å². The van der Waals surface area contributed by atoms with Crippen molar-refractivity contribution in [2.24, 2.45) is 0 Å². The number of aromatic nitrogens is 1. The molecule has 1 fully saturated rings. The summed E-state index contributed by atoms with van der Waals surface area (Å²) in [4.78, 5) is 16.2. The van der Waals surface area contributed by atoms with Crippen molar-refractivity contribution < 1.29 is 28.2 Å². The molecule has 2 unspecified atom stereocenters. The molecule has 1 aliphatic rings. The van der Waals surface area contributed by atoms with Crippen LogP contribution in [0.2, 0.25) is 0 Å². The van der Waals surface area contributed by atoms with Gasteiger partial charge in [-0.25, -0.2) is 14.2 Å². The molecule has 0 radical (unpaired) electrons. The standard InChI is InChI=1S/C27H30FNO5/c1-18-7-6-8-20(25(18)27(30)31)15-32-23-9-4-2-3-5-10-24(23)33-16-22-17-34-26(29-22)19-11-13-21(28)14-12-19/h6-8,11-14,17,23-24H,2-5,9-10,15-16H2,1H3,(H,30,31). The van der Waals surface area contributed by atoms with Crippen LogP contribution in [-0.2, 0) is 22.7 Å². The summed E-state index contributed by atoms with van der Waals surface area (Å²) >= 11 is 0. The van der Waals surface area contributed by atoms with Gasteiger partial charge in [-0.1, -0.05) is 43.9 Å². The lowest BCUT2D eigenvalue weighted by Crippen LogP contribution is -2.33. The summed E-state index contributed by atoms with van der Waals surface area (Å²) in [7, 11) is 0. The van der Waals surface area contributed by atoms with Crippen LogP contribution in [0.1, 0.15) is 65.7 Å². The maximum Gasteiger partial charge on any atom is 0.336 e. The van der Waals surface area contributed by atoms with Crippen molar-refractivity contribution in [3.63, 3.8) is 0 Å². The molecule has 180 valence electrons. The first-order valence-corrected chi connectivity index (χ1v) is 11.8. The van der Waals surface area contributed by atoms with E-state index in [4.69, 9.17) is 13.9 Å². The Kier molecular flexibility index (Phi) is 8.08. The van der Waals surface area contributed by atoms with E-state index in [1.807, 2.05) is 12.1 Å². The van der Waals surface area contributed by atoms with Crippen LogP contribution in [0.3, 0.4) is 0 Å². The number of rotatable bonds is 8. The molecule has 1 aromatic heterocycles. The number of nitrogens with zero attached hydrogens (tertiary/aromatic N) is 1. The third kappa shape index (κ3) is 6.10. The first-order valence-electron chi connectivity index (χ1n) is 11.8. The molecule has 0 aliphatic heterocycles. The zero-order valence-corrected chi connectivity index (χ0v) is 19.3. The highest BCUT2D eigenvalue weighted by Gasteiger charge is 2.26. The van der Waals surface area contributed by atoms with Gasteiger partial charge in [-0.3, -0.25) is 0 Å². The van der Waals surface area contributed by atoms with Gasteiger partial charge in [-0.2, -0.15) is 0 Å². The fraction of sp³-hybridized carbons (Fsp3) is 0.407. The summed E-state index contributed by atoms with van der Waals surface area (Å²) in [5.74, 6) is -0.829. The maximum absolute atomic E-state index is 13.2. The first kappa shape index (κ1) is 24.1. The number of carboxylic acids is 1. The molecule has 1 aliphatic carbocycles. The fourth-order valence-corrected chi connectivity index (χ4v) is 4.44. The molecule has 0 bridgehead atoms. The molecule has 6 nitrogen and oxygen atoms in total. The molecule has 2 atom stereocenters. The topological polar surface area (TPSA) is 81.8 Å². The minimum absolute atomic E-state index is 0.121. The van der Waals surface area contributed by atoms with Gasteiger partial charge in [-0.15, -0.1) is 0 Å². The number of benzene rings is 2. The Morgan fingerprint density at radius 2 is 1.71 bits per heavy atom. The zero-order chi connectivity index (χ0) is 23.9. The Bertz CT molecular complexity index is 1090. The molecule has 4 rings (SSSR count). The molecule has 0 spiro atoms. The number of aryl methyl sites for hydroxylation is 1. The van der Waals surface area contributed by atoms with E-state index in [0.717, 1.165) is 44.1 Å². The molecule has 1 N–H and O–H groups in total. The van der Waals surface area contributed by atoms with E-state index in [2.05, 4.69) is 4.98 Å². The van der Waals surface area contributed by atoms with Crippen LogP contribution in [0.4, 0.5) is 4.39 Å². The van der Waals surface area contributed by atoms with Gasteiger partial charge >= 0.3 is 5.97 Å². The van der Waals surface area contributed by atoms with Gasteiger partial charge in [0.05, 0.1) is 31.0 Å². The van der Waals surface area contributed by atoms with E-state index in [1.165, 1.54) is 12.1 Å². The van der Waals surface area contributed by atoms with Crippen LogP contribution in [0.5, 0.6) is 0 Å². The lowest BCUT2D eigenvalue weighted by Gasteiger charge is -2.29. The van der Waals surface area contributed by atoms with E-state index in [9.17, 15) is 14.3 Å². The summed E-state index contributed by atoms with van der Waals surface area (Å²) in [5, 5.41) is 9.61. The minimum Gasteiger partial charge on any atom is -0.478 e. The van der Waals surface area contributed by atoms with Crippen molar-refractivity contribution in [1.82, 2.24) is 4.98 Å². The van der Waals surface area contributed by atoms with Crippen molar-refractivity contribution in [2.45, 2.75) is 70.9 Å². The molecular weight excluding hydrogens is 437 g/mol. The van der Waals surface area contributed by atoms with Gasteiger partial charge < -0.3 is 19.0 Å². The average Bonchev–Trinajstić information content (AvgIpc) is 3.27. The number of carboxylic acid groups (broad SMARTS) is 1. The Balaban J connectivity index is 1.41. The van der Waals surface area contributed by atoms with Crippen LogP contribution in [0.15, 0.2) is 53.1 Å². The molecule has 2 aromatic carbocycles. The molecule has 0 saturated heterocycles. The molecular formula is C27H30FNO5. The molecule has 7 heteroatoms. The number of halogens is 1. The predicted molar refractivity (Wildman–Crippen MR) is 125 cm³/mol. The van der Waals surface area contributed by atoms with Gasteiger partial charge in [0.2, 0.25) is 5.89 Å². The number of hydrogen-bond donors (Lipinski definition) is 1. The lowest BCUT2D eigenvalue weighted by molar-refractivity contribution is -0.0961. The number of ether oxygens (including phenoxy) is 2. The van der Waals surface area contributed by atoms with Crippen LogP contribution in [0.25, 0.3) is 11.5 Å². The molecule has 34 heavy (non-hydrogen) atoms. The van der Waals surface area contributed by atoms with Crippen LogP contribution >= 0.6 is 0 Å². The summed E-state index contributed by atoms with van der Waals surface area (Å²) in [6.45, 7) is 2.30. The second kappa shape index (κ2) is 11.4. The number of oxazole rings is 1. The normalized spacial score (nSPS) is 18.9. The SMILES string of the molecule is Cc1cccc(COC2CCCCCCC2OCc2coc(-c3ccc(F)cc3)n2)c1C(=O)O. The third-order valence-electron chi connectivity index (χ3n) is 6.26. The maximum atomic E-state index is 13.2. The Morgan fingerprint density at radius 3 is 2.38 bits per heavy atom. The monoisotopic (exact) mass is 467 g/mol. The summed E-state index contributed by atoms with van der Waals surface area (Å²) in [6.07, 6.45) is 7.44. The highest BCUT2D eigenvalue weighted by molar-refractivity contribution is 5.91. The second-order valence-electron chi connectivity index (χ2n) is 8.76. The van der Waals surface area contributed by atoms with Crippen LogP contribution < -0.4 is 0 Å². The van der Waals surface area contributed by atoms with E-state index in [1.54, 1.807) is 31.4 Å². The Labute approximate surface area is 198 Å². The summed E-state index contributed by atoms with van der Waals surface area (Å²) in [6, 6.07) is 11.5. The highest BCUT2D eigenvalue weighted by Crippen LogP contribution is 2.26. The first-order chi connectivity index (χ1) is 16.5. The number of hydrogen-bond acceptors (Lipinski definition) is 5. The van der Waals surface area contributed by atoms with Crippen molar-refractivity contribution >= 4 is 5.97 Å². The van der Waals surface area contributed by atoms with Crippen LogP contribution in [-0.4, -0.2) is 28.3 Å². The highest BCUT2D eigenvalue weighted by atomic mass is 19.1. The molecule has 0 amide bonds. The van der Waals surface area contributed by atoms with Gasteiger partial charge in [0.1, 0.15) is 17.8 Å². The quantitative estimate of drug-likeness (QED) is 0.418. The van der Waals surface area contributed by atoms with Gasteiger partial charge in [0.25, 0.3) is 0 Å². The van der Waals surface area contributed by atoms with Gasteiger partial charge in [0, 0.05) is 5.56 Å². The minimum atomic E-state index is -0.940. The number of carbonyl (C=O) groups is 1. The van der Waals surface area contributed by atoms with Gasteiger partial charge in [-0.05, 0) is 55.2 Å².